The summed E-state index contributed by atoms with van der Waals surface area (Å²) in [6, 6.07) is 2.55. The number of halogens is 1. The predicted molar refractivity (Wildman–Crippen MR) is 90.2 cm³/mol. The second kappa shape index (κ2) is 10.0. The third-order valence-electron chi connectivity index (χ3n) is 2.69. The number of Topliss-reactive ketones (excluding diaryl/α,β-unsaturated/α-hetero) is 1. The summed E-state index contributed by atoms with van der Waals surface area (Å²) in [7, 11) is 0. The fourth-order valence-electron chi connectivity index (χ4n) is 1.52. The monoisotopic (exact) mass is 374 g/mol. The highest BCUT2D eigenvalue weighted by molar-refractivity contribution is 7.18. The third-order valence-corrected chi connectivity index (χ3v) is 3.96. The number of thiophene rings is 1. The Labute approximate surface area is 148 Å². The summed E-state index contributed by atoms with van der Waals surface area (Å²) in [5, 5.41) is 4.53. The average Bonchev–Trinajstić information content (AvgIpc) is 2.95. The molecule has 132 valence electrons. The van der Waals surface area contributed by atoms with Crippen LogP contribution < -0.4 is 10.6 Å². The van der Waals surface area contributed by atoms with Crippen LogP contribution in [0.15, 0.2) is 12.1 Å². The minimum absolute atomic E-state index is 0.0355. The van der Waals surface area contributed by atoms with E-state index in [0.717, 1.165) is 11.3 Å². The van der Waals surface area contributed by atoms with Crippen molar-refractivity contribution >= 4 is 46.6 Å². The summed E-state index contributed by atoms with van der Waals surface area (Å²) in [5.41, 5.74) is 0. The van der Waals surface area contributed by atoms with E-state index in [9.17, 15) is 19.2 Å². The molecule has 9 heteroatoms. The Balaban J connectivity index is 2.22. The molecule has 2 N–H and O–H groups in total. The number of rotatable bonds is 8. The summed E-state index contributed by atoms with van der Waals surface area (Å²) >= 11 is 6.86. The molecular weight excluding hydrogens is 356 g/mol. The summed E-state index contributed by atoms with van der Waals surface area (Å²) in [6.45, 7) is 3.67. The maximum atomic E-state index is 11.8. The van der Waals surface area contributed by atoms with Gasteiger partial charge in [-0.2, -0.15) is 0 Å². The van der Waals surface area contributed by atoms with Gasteiger partial charge in [0.1, 0.15) is 0 Å². The first kappa shape index (κ1) is 20.1. The smallest absolute Gasteiger partial charge is 0.321 e. The molecule has 0 aliphatic carbocycles. The van der Waals surface area contributed by atoms with Gasteiger partial charge in [0.25, 0.3) is 5.91 Å². The van der Waals surface area contributed by atoms with Crippen LogP contribution in [0.5, 0.6) is 0 Å². The Morgan fingerprint density at radius 3 is 2.50 bits per heavy atom. The first-order valence-corrected chi connectivity index (χ1v) is 8.49. The van der Waals surface area contributed by atoms with Crippen LogP contribution in [-0.2, 0) is 14.3 Å². The Morgan fingerprint density at radius 2 is 1.92 bits per heavy atom. The Kier molecular flexibility index (Phi) is 8.42. The van der Waals surface area contributed by atoms with Gasteiger partial charge in [0.2, 0.25) is 0 Å². The van der Waals surface area contributed by atoms with Gasteiger partial charge in [0, 0.05) is 13.0 Å². The van der Waals surface area contributed by atoms with E-state index >= 15 is 0 Å². The zero-order valence-corrected chi connectivity index (χ0v) is 15.0. The van der Waals surface area contributed by atoms with Crippen molar-refractivity contribution in [1.82, 2.24) is 10.6 Å². The van der Waals surface area contributed by atoms with Crippen LogP contribution in [0, 0.1) is 5.92 Å². The maximum Gasteiger partial charge on any atom is 0.321 e. The van der Waals surface area contributed by atoms with Gasteiger partial charge in [-0.1, -0.05) is 25.4 Å². The average molecular weight is 375 g/mol. The van der Waals surface area contributed by atoms with Crippen molar-refractivity contribution in [1.29, 1.82) is 0 Å². The van der Waals surface area contributed by atoms with Crippen LogP contribution >= 0.6 is 22.9 Å². The molecule has 0 atom stereocenters. The van der Waals surface area contributed by atoms with Crippen molar-refractivity contribution in [3.8, 4) is 0 Å². The molecule has 0 spiro atoms. The highest BCUT2D eigenvalue weighted by Crippen LogP contribution is 2.22. The molecular formula is C15H19ClN2O5S. The number of urea groups is 1. The number of carbonyl (C=O) groups is 4. The van der Waals surface area contributed by atoms with Gasteiger partial charge in [-0.05, 0) is 18.1 Å². The number of esters is 1. The fourth-order valence-corrected chi connectivity index (χ4v) is 2.54. The minimum atomic E-state index is -0.735. The Morgan fingerprint density at radius 1 is 1.21 bits per heavy atom. The number of nitrogens with one attached hydrogen (secondary N) is 2. The number of amides is 3. The van der Waals surface area contributed by atoms with Crippen molar-refractivity contribution < 1.29 is 23.9 Å². The van der Waals surface area contributed by atoms with E-state index in [4.69, 9.17) is 16.3 Å². The van der Waals surface area contributed by atoms with Crippen molar-refractivity contribution in [2.45, 2.75) is 26.7 Å². The zero-order valence-electron chi connectivity index (χ0n) is 13.4. The van der Waals surface area contributed by atoms with Gasteiger partial charge in [-0.3, -0.25) is 19.7 Å². The summed E-state index contributed by atoms with van der Waals surface area (Å²) in [4.78, 5) is 46.5. The van der Waals surface area contributed by atoms with Gasteiger partial charge in [0.05, 0.1) is 15.6 Å². The first-order chi connectivity index (χ1) is 11.3. The van der Waals surface area contributed by atoms with Gasteiger partial charge in [0.15, 0.2) is 12.4 Å². The van der Waals surface area contributed by atoms with Crippen LogP contribution in [0.25, 0.3) is 0 Å². The molecule has 0 saturated carbocycles. The minimum Gasteiger partial charge on any atom is -0.456 e. The lowest BCUT2D eigenvalue weighted by Crippen LogP contribution is -2.42. The van der Waals surface area contributed by atoms with E-state index in [1.807, 2.05) is 19.2 Å². The SMILES string of the molecule is CC(C)CNC(=O)NC(=O)COC(=O)CCC(=O)c1ccc(Cl)s1. The molecule has 0 radical (unpaired) electrons. The topological polar surface area (TPSA) is 102 Å². The van der Waals surface area contributed by atoms with Gasteiger partial charge < -0.3 is 10.1 Å². The number of carbonyl (C=O) groups excluding carboxylic acids is 4. The normalized spacial score (nSPS) is 10.3. The molecule has 0 unspecified atom stereocenters. The van der Waals surface area contributed by atoms with Crippen LogP contribution in [0.4, 0.5) is 4.79 Å². The van der Waals surface area contributed by atoms with Crippen molar-refractivity contribution in [3.05, 3.63) is 21.3 Å². The quantitative estimate of drug-likeness (QED) is 0.537. The number of imide groups is 1. The maximum absolute atomic E-state index is 11.8. The number of hydrogen-bond acceptors (Lipinski definition) is 6. The first-order valence-electron chi connectivity index (χ1n) is 7.29. The van der Waals surface area contributed by atoms with Gasteiger partial charge >= 0.3 is 12.0 Å². The van der Waals surface area contributed by atoms with E-state index in [1.165, 1.54) is 0 Å². The lowest BCUT2D eigenvalue weighted by molar-refractivity contribution is -0.148. The number of ether oxygens (including phenoxy) is 1. The Hall–Kier alpha value is -1.93. The van der Waals surface area contributed by atoms with Crippen molar-refractivity contribution in [2.24, 2.45) is 5.92 Å². The molecule has 0 aliphatic rings. The molecule has 0 fully saturated rings. The molecule has 24 heavy (non-hydrogen) atoms. The summed E-state index contributed by atoms with van der Waals surface area (Å²) in [6.07, 6.45) is -0.187. The van der Waals surface area contributed by atoms with E-state index in [-0.39, 0.29) is 24.5 Å². The number of ketones is 1. The van der Waals surface area contributed by atoms with Crippen LogP contribution in [-0.4, -0.2) is 36.8 Å². The fraction of sp³-hybridized carbons (Fsp3) is 0.467. The molecule has 0 aromatic carbocycles. The van der Waals surface area contributed by atoms with E-state index in [0.29, 0.717) is 15.8 Å². The third kappa shape index (κ3) is 8.07. The molecule has 1 aromatic rings. The largest absolute Gasteiger partial charge is 0.456 e. The molecule has 1 aromatic heterocycles. The molecule has 7 nitrogen and oxygen atoms in total. The van der Waals surface area contributed by atoms with Crippen LogP contribution in [0.3, 0.4) is 0 Å². The second-order valence-electron chi connectivity index (χ2n) is 5.34. The lowest BCUT2D eigenvalue weighted by atomic mass is 10.2. The highest BCUT2D eigenvalue weighted by Gasteiger charge is 2.14. The standard InChI is InChI=1S/C15H19ClN2O5S/c1-9(2)7-17-15(22)18-13(20)8-23-14(21)6-3-10(19)11-4-5-12(16)24-11/h4-5,9H,3,6-8H2,1-2H3,(H2,17,18,20,22). The van der Waals surface area contributed by atoms with E-state index in [2.05, 4.69) is 5.32 Å². The second-order valence-corrected chi connectivity index (χ2v) is 7.05. The summed E-state index contributed by atoms with van der Waals surface area (Å²) < 4.78 is 5.21. The van der Waals surface area contributed by atoms with Crippen molar-refractivity contribution in [3.63, 3.8) is 0 Å². The van der Waals surface area contributed by atoms with E-state index in [1.54, 1.807) is 12.1 Å². The Bertz CT molecular complexity index is 615. The lowest BCUT2D eigenvalue weighted by Gasteiger charge is -2.08. The zero-order chi connectivity index (χ0) is 18.1. The molecule has 3 amide bonds. The number of hydrogen-bond donors (Lipinski definition) is 2. The predicted octanol–water partition coefficient (Wildman–Crippen LogP) is 2.39. The molecule has 1 heterocycles. The van der Waals surface area contributed by atoms with Crippen LogP contribution in [0.2, 0.25) is 4.34 Å². The van der Waals surface area contributed by atoms with Gasteiger partial charge in [-0.15, -0.1) is 11.3 Å². The summed E-state index contributed by atoms with van der Waals surface area (Å²) in [5.74, 6) is -1.40. The molecule has 1 rings (SSSR count). The van der Waals surface area contributed by atoms with Crippen molar-refractivity contribution in [2.75, 3.05) is 13.2 Å². The molecule has 0 aliphatic heterocycles. The molecule has 0 saturated heterocycles. The van der Waals surface area contributed by atoms with Gasteiger partial charge in [-0.25, -0.2) is 4.79 Å². The van der Waals surface area contributed by atoms with Crippen LogP contribution in [0.1, 0.15) is 36.4 Å². The van der Waals surface area contributed by atoms with E-state index < -0.39 is 24.5 Å². The molecule has 0 bridgehead atoms. The highest BCUT2D eigenvalue weighted by atomic mass is 35.5.